The van der Waals surface area contributed by atoms with Crippen LogP contribution in [0.25, 0.3) is 0 Å². The highest BCUT2D eigenvalue weighted by atomic mass is 32.2. The van der Waals surface area contributed by atoms with Gasteiger partial charge in [-0.1, -0.05) is 6.92 Å². The molecule has 0 aromatic carbocycles. The first-order valence-corrected chi connectivity index (χ1v) is 7.12. The van der Waals surface area contributed by atoms with Crippen LogP contribution in [0.4, 0.5) is 0 Å². The van der Waals surface area contributed by atoms with Crippen LogP contribution in [0.1, 0.15) is 33.6 Å². The molecule has 1 heterocycles. The van der Waals surface area contributed by atoms with Crippen LogP contribution in [0.2, 0.25) is 0 Å². The third-order valence-corrected chi connectivity index (χ3v) is 4.73. The summed E-state index contributed by atoms with van der Waals surface area (Å²) in [4.78, 5) is 0. The van der Waals surface area contributed by atoms with Gasteiger partial charge < -0.3 is 4.74 Å². The molecular weight excluding hydrogens is 214 g/mol. The Morgan fingerprint density at radius 2 is 2.13 bits per heavy atom. The Bertz CT molecular complexity index is 287. The molecule has 1 N–H and O–H groups in total. The molecule has 15 heavy (non-hydrogen) atoms. The predicted octanol–water partition coefficient (Wildman–Crippen LogP) is 1.13. The van der Waals surface area contributed by atoms with Crippen LogP contribution in [-0.4, -0.2) is 32.9 Å². The van der Waals surface area contributed by atoms with Crippen molar-refractivity contribution in [2.24, 2.45) is 5.92 Å². The molecule has 0 amide bonds. The minimum atomic E-state index is -3.12. The van der Waals surface area contributed by atoms with Crippen molar-refractivity contribution in [1.82, 2.24) is 4.72 Å². The molecule has 1 rings (SSSR count). The van der Waals surface area contributed by atoms with Gasteiger partial charge in [-0.15, -0.1) is 0 Å². The second kappa shape index (κ2) is 5.27. The normalized spacial score (nSPS) is 27.5. The third kappa shape index (κ3) is 3.43. The lowest BCUT2D eigenvalue weighted by molar-refractivity contribution is 0.0884. The largest absolute Gasteiger partial charge is 0.378 e. The molecule has 1 fully saturated rings. The minimum absolute atomic E-state index is 0.222. The lowest BCUT2D eigenvalue weighted by atomic mass is 10.0. The van der Waals surface area contributed by atoms with Crippen LogP contribution in [0, 0.1) is 5.92 Å². The van der Waals surface area contributed by atoms with Gasteiger partial charge in [-0.25, -0.2) is 13.1 Å². The molecule has 0 saturated carbocycles. The molecule has 0 aromatic rings. The molecule has 0 spiro atoms. The van der Waals surface area contributed by atoms with E-state index in [4.69, 9.17) is 4.74 Å². The maximum absolute atomic E-state index is 11.5. The van der Waals surface area contributed by atoms with Crippen molar-refractivity contribution >= 4 is 10.0 Å². The summed E-state index contributed by atoms with van der Waals surface area (Å²) in [6.45, 7) is 6.71. The standard InChI is InChI=1S/C10H21NO3S/c1-4-10-9(5-6-14-10)7-11-15(12,13)8(2)3/h8-11H,4-7H2,1-3H3. The molecule has 0 aromatic heterocycles. The number of nitrogens with one attached hydrogen (secondary N) is 1. The SMILES string of the molecule is CCC1OCCC1CNS(=O)(=O)C(C)C. The van der Waals surface area contributed by atoms with Gasteiger partial charge in [-0.3, -0.25) is 0 Å². The van der Waals surface area contributed by atoms with E-state index >= 15 is 0 Å². The molecule has 90 valence electrons. The average molecular weight is 235 g/mol. The van der Waals surface area contributed by atoms with Gasteiger partial charge in [-0.2, -0.15) is 0 Å². The maximum atomic E-state index is 11.5. The first-order valence-electron chi connectivity index (χ1n) is 5.57. The van der Waals surface area contributed by atoms with Crippen LogP contribution in [-0.2, 0) is 14.8 Å². The van der Waals surface area contributed by atoms with Crippen LogP contribution in [0.15, 0.2) is 0 Å². The summed E-state index contributed by atoms with van der Waals surface area (Å²) in [5.41, 5.74) is 0. The Morgan fingerprint density at radius 3 is 2.67 bits per heavy atom. The van der Waals surface area contributed by atoms with Gasteiger partial charge in [0.1, 0.15) is 0 Å². The Labute approximate surface area is 92.4 Å². The topological polar surface area (TPSA) is 55.4 Å². The quantitative estimate of drug-likeness (QED) is 0.777. The van der Waals surface area contributed by atoms with Crippen molar-refractivity contribution in [3.63, 3.8) is 0 Å². The summed E-state index contributed by atoms with van der Waals surface area (Å²) in [6, 6.07) is 0. The molecule has 4 nitrogen and oxygen atoms in total. The minimum Gasteiger partial charge on any atom is -0.378 e. The smallest absolute Gasteiger partial charge is 0.213 e. The molecule has 5 heteroatoms. The summed E-state index contributed by atoms with van der Waals surface area (Å²) >= 11 is 0. The first kappa shape index (κ1) is 12.9. The van der Waals surface area contributed by atoms with Crippen molar-refractivity contribution in [2.45, 2.75) is 45.0 Å². The highest BCUT2D eigenvalue weighted by Crippen LogP contribution is 2.22. The summed E-state index contributed by atoms with van der Waals surface area (Å²) in [7, 11) is -3.12. The molecule has 0 aliphatic carbocycles. The second-order valence-corrected chi connectivity index (χ2v) is 6.63. The number of hydrogen-bond donors (Lipinski definition) is 1. The van der Waals surface area contributed by atoms with E-state index in [0.29, 0.717) is 12.5 Å². The third-order valence-electron chi connectivity index (χ3n) is 2.92. The maximum Gasteiger partial charge on any atom is 0.213 e. The number of hydrogen-bond acceptors (Lipinski definition) is 3. The molecule has 2 unspecified atom stereocenters. The van der Waals surface area contributed by atoms with Crippen molar-refractivity contribution in [3.05, 3.63) is 0 Å². The fourth-order valence-electron chi connectivity index (χ4n) is 1.77. The van der Waals surface area contributed by atoms with Gasteiger partial charge in [0.25, 0.3) is 0 Å². The Balaban J connectivity index is 2.43. The van der Waals surface area contributed by atoms with Gasteiger partial charge in [0.15, 0.2) is 0 Å². The first-order chi connectivity index (χ1) is 6.97. The van der Waals surface area contributed by atoms with Crippen molar-refractivity contribution in [3.8, 4) is 0 Å². The van der Waals surface area contributed by atoms with Gasteiger partial charge in [0, 0.05) is 19.1 Å². The van der Waals surface area contributed by atoms with Gasteiger partial charge in [0.2, 0.25) is 10.0 Å². The lowest BCUT2D eigenvalue weighted by Gasteiger charge is -2.18. The van der Waals surface area contributed by atoms with E-state index in [9.17, 15) is 8.42 Å². The Kier molecular flexibility index (Phi) is 4.55. The second-order valence-electron chi connectivity index (χ2n) is 4.31. The number of ether oxygens (including phenoxy) is 1. The van der Waals surface area contributed by atoms with Gasteiger partial charge in [0.05, 0.1) is 11.4 Å². The summed E-state index contributed by atoms with van der Waals surface area (Å²) < 4.78 is 31.2. The highest BCUT2D eigenvalue weighted by molar-refractivity contribution is 7.90. The van der Waals surface area contributed by atoms with Crippen molar-refractivity contribution in [2.75, 3.05) is 13.2 Å². The van der Waals surface area contributed by atoms with E-state index in [0.717, 1.165) is 19.4 Å². The monoisotopic (exact) mass is 235 g/mol. The molecular formula is C10H21NO3S. The zero-order valence-electron chi connectivity index (χ0n) is 9.69. The van der Waals surface area contributed by atoms with E-state index in [-0.39, 0.29) is 11.4 Å². The molecule has 2 atom stereocenters. The number of rotatable bonds is 5. The van der Waals surface area contributed by atoms with E-state index in [1.165, 1.54) is 0 Å². The molecule has 1 aliphatic rings. The highest BCUT2D eigenvalue weighted by Gasteiger charge is 2.28. The fraction of sp³-hybridized carbons (Fsp3) is 1.00. The molecule has 0 radical (unpaired) electrons. The van der Waals surface area contributed by atoms with E-state index in [1.54, 1.807) is 13.8 Å². The summed E-state index contributed by atoms with van der Waals surface area (Å²) in [5.74, 6) is 0.337. The van der Waals surface area contributed by atoms with Crippen LogP contribution in [0.5, 0.6) is 0 Å². The van der Waals surface area contributed by atoms with E-state index in [1.807, 2.05) is 0 Å². The number of sulfonamides is 1. The lowest BCUT2D eigenvalue weighted by Crippen LogP contribution is -2.36. The van der Waals surface area contributed by atoms with Crippen LogP contribution < -0.4 is 4.72 Å². The van der Waals surface area contributed by atoms with Gasteiger partial charge in [-0.05, 0) is 26.7 Å². The molecule has 1 saturated heterocycles. The zero-order chi connectivity index (χ0) is 11.5. The van der Waals surface area contributed by atoms with Crippen LogP contribution >= 0.6 is 0 Å². The van der Waals surface area contributed by atoms with Crippen molar-refractivity contribution < 1.29 is 13.2 Å². The van der Waals surface area contributed by atoms with Gasteiger partial charge >= 0.3 is 0 Å². The van der Waals surface area contributed by atoms with Crippen LogP contribution in [0.3, 0.4) is 0 Å². The van der Waals surface area contributed by atoms with Crippen molar-refractivity contribution in [1.29, 1.82) is 0 Å². The molecule has 0 bridgehead atoms. The average Bonchev–Trinajstić information content (AvgIpc) is 2.61. The summed E-state index contributed by atoms with van der Waals surface area (Å²) in [5, 5.41) is -0.361. The predicted molar refractivity (Wildman–Crippen MR) is 60.2 cm³/mol. The zero-order valence-corrected chi connectivity index (χ0v) is 10.5. The molecule has 1 aliphatic heterocycles. The summed E-state index contributed by atoms with van der Waals surface area (Å²) in [6.07, 6.45) is 2.13. The Morgan fingerprint density at radius 1 is 1.47 bits per heavy atom. The fourth-order valence-corrected chi connectivity index (χ4v) is 2.55. The van der Waals surface area contributed by atoms with E-state index < -0.39 is 10.0 Å². The Hall–Kier alpha value is -0.130. The van der Waals surface area contributed by atoms with E-state index in [2.05, 4.69) is 11.6 Å².